The molecule has 11 heteroatoms. The number of likely N-dealkylation sites (tertiary alicyclic amines) is 1. The van der Waals surface area contributed by atoms with Crippen LogP contribution in [0.1, 0.15) is 47.5 Å². The molecule has 1 spiro atoms. The van der Waals surface area contributed by atoms with E-state index in [-0.39, 0.29) is 17.3 Å². The van der Waals surface area contributed by atoms with Crippen LogP contribution in [0, 0.1) is 5.41 Å². The molecule has 2 fully saturated rings. The smallest absolute Gasteiger partial charge is 0.419 e. The maximum Gasteiger partial charge on any atom is 0.419 e. The highest BCUT2D eigenvalue weighted by Crippen LogP contribution is 2.43. The largest absolute Gasteiger partial charge is 0.456 e. The van der Waals surface area contributed by atoms with Crippen LogP contribution >= 0.6 is 0 Å². The fourth-order valence-electron chi connectivity index (χ4n) is 4.29. The quantitative estimate of drug-likeness (QED) is 0.322. The zero-order chi connectivity index (χ0) is 25.3. The molecule has 188 valence electrons. The summed E-state index contributed by atoms with van der Waals surface area (Å²) in [6.07, 6.45) is -0.606. The zero-order valence-electron chi connectivity index (χ0n) is 20.0. The minimum atomic E-state index is -4.79. The number of anilines is 1. The summed E-state index contributed by atoms with van der Waals surface area (Å²) >= 11 is 0. The Morgan fingerprint density at radius 3 is 2.44 bits per heavy atom. The molecule has 0 saturated carbocycles. The van der Waals surface area contributed by atoms with Crippen LogP contribution in [0.5, 0.6) is 5.75 Å². The van der Waals surface area contributed by atoms with E-state index >= 15 is 0 Å². The summed E-state index contributed by atoms with van der Waals surface area (Å²) in [6, 6.07) is 0. The molecule has 0 radical (unpaired) electrons. The van der Waals surface area contributed by atoms with Crippen molar-refractivity contribution in [1.29, 1.82) is 0 Å². The van der Waals surface area contributed by atoms with Crippen molar-refractivity contribution in [3.8, 4) is 5.75 Å². The third kappa shape index (κ3) is 6.18. The van der Waals surface area contributed by atoms with Gasteiger partial charge in [0.25, 0.3) is 0 Å². The Labute approximate surface area is 196 Å². The van der Waals surface area contributed by atoms with Crippen molar-refractivity contribution in [3.05, 3.63) is 35.8 Å². The van der Waals surface area contributed by atoms with Gasteiger partial charge in [-0.25, -0.2) is 19.2 Å². The Kier molecular flexibility index (Phi) is 7.14. The first-order valence-electron chi connectivity index (χ1n) is 11.0. The van der Waals surface area contributed by atoms with Gasteiger partial charge < -0.3 is 19.3 Å². The van der Waals surface area contributed by atoms with E-state index in [1.807, 2.05) is 25.7 Å². The number of halogens is 4. The Hall–Kier alpha value is -2.85. The van der Waals surface area contributed by atoms with Crippen LogP contribution in [0.15, 0.2) is 35.8 Å². The third-order valence-electron chi connectivity index (χ3n) is 5.78. The van der Waals surface area contributed by atoms with Gasteiger partial charge in [-0.3, -0.25) is 0 Å². The molecular formula is C23H30F4N4O3. The summed E-state index contributed by atoms with van der Waals surface area (Å²) in [5, 5.41) is 0. The lowest BCUT2D eigenvalue weighted by Gasteiger charge is -2.27. The highest BCUT2D eigenvalue weighted by Gasteiger charge is 2.46. The fraction of sp³-hybridized carbons (Fsp3) is 0.609. The van der Waals surface area contributed by atoms with Crippen molar-refractivity contribution >= 4 is 11.9 Å². The van der Waals surface area contributed by atoms with Crippen molar-refractivity contribution in [3.63, 3.8) is 0 Å². The average Bonchev–Trinajstić information content (AvgIpc) is 3.31. The minimum absolute atomic E-state index is 0.0470. The molecule has 3 heterocycles. The zero-order valence-corrected chi connectivity index (χ0v) is 20.0. The lowest BCUT2D eigenvalue weighted by Crippen LogP contribution is -2.37. The van der Waals surface area contributed by atoms with Crippen molar-refractivity contribution in [2.45, 2.75) is 59.2 Å². The number of ether oxygens (including phenoxy) is 2. The third-order valence-corrected chi connectivity index (χ3v) is 5.78. The molecule has 0 aliphatic carbocycles. The van der Waals surface area contributed by atoms with Crippen LogP contribution in [-0.4, -0.2) is 58.9 Å². The topological polar surface area (TPSA) is 67.8 Å². The highest BCUT2D eigenvalue weighted by atomic mass is 19.4. The van der Waals surface area contributed by atoms with E-state index in [9.17, 15) is 22.4 Å². The van der Waals surface area contributed by atoms with E-state index in [2.05, 4.69) is 9.97 Å². The van der Waals surface area contributed by atoms with Gasteiger partial charge in [-0.2, -0.15) is 13.2 Å². The van der Waals surface area contributed by atoms with E-state index in [4.69, 9.17) is 9.47 Å². The number of hydrogen-bond donors (Lipinski definition) is 0. The normalized spacial score (nSPS) is 22.3. The summed E-state index contributed by atoms with van der Waals surface area (Å²) in [6.45, 7) is 9.75. The second-order valence-corrected chi connectivity index (χ2v) is 9.83. The van der Waals surface area contributed by atoms with Crippen molar-refractivity contribution in [1.82, 2.24) is 14.9 Å². The molecule has 0 bridgehead atoms. The summed E-state index contributed by atoms with van der Waals surface area (Å²) in [4.78, 5) is 24.2. The Morgan fingerprint density at radius 2 is 1.82 bits per heavy atom. The number of alkyl halides is 3. The first kappa shape index (κ1) is 25.8. The van der Waals surface area contributed by atoms with Crippen molar-refractivity contribution < 1.29 is 31.8 Å². The first-order valence-corrected chi connectivity index (χ1v) is 11.0. The molecule has 2 saturated heterocycles. The number of carbonyl (C=O) groups is 1. The minimum Gasteiger partial charge on any atom is -0.456 e. The molecule has 1 atom stereocenters. The van der Waals surface area contributed by atoms with Crippen LogP contribution in [0.25, 0.3) is 0 Å². The second-order valence-electron chi connectivity index (χ2n) is 9.83. The predicted octanol–water partition coefficient (Wildman–Crippen LogP) is 5.40. The Balaban J connectivity index is 1.78. The SMILES string of the molecule is C/C(Oc1cncnc1N1CCC2(CCN(C(=O)OC(C)(C)C)C2)C1)=C(\C=C(/C)F)C(F)(F)F. The molecule has 2 aliphatic heterocycles. The van der Waals surface area contributed by atoms with Gasteiger partial charge in [0.05, 0.1) is 17.6 Å². The summed E-state index contributed by atoms with van der Waals surface area (Å²) in [5.74, 6) is -1.10. The molecule has 0 aromatic carbocycles. The standard InChI is InChI=1S/C23H30F4N4O3/c1-15(24)10-17(23(25,26)27)16(2)33-18-11-28-14-29-19(18)30-8-6-22(12-30)7-9-31(13-22)20(32)34-21(3,4)5/h10-11,14H,6-9,12-13H2,1-5H3/b15-10+,17-16-. The van der Waals surface area contributed by atoms with E-state index < -0.39 is 28.9 Å². The predicted molar refractivity (Wildman–Crippen MR) is 118 cm³/mol. The average molecular weight is 487 g/mol. The first-order chi connectivity index (χ1) is 15.7. The van der Waals surface area contributed by atoms with Gasteiger partial charge >= 0.3 is 12.3 Å². The van der Waals surface area contributed by atoms with Gasteiger partial charge in [-0.15, -0.1) is 0 Å². The number of amides is 1. The number of hydrogen-bond acceptors (Lipinski definition) is 6. The van der Waals surface area contributed by atoms with Crippen LogP contribution in [0.3, 0.4) is 0 Å². The fourth-order valence-corrected chi connectivity index (χ4v) is 4.29. The van der Waals surface area contributed by atoms with E-state index in [1.54, 1.807) is 4.90 Å². The van der Waals surface area contributed by atoms with Crippen LogP contribution in [0.4, 0.5) is 28.2 Å². The Morgan fingerprint density at radius 1 is 1.15 bits per heavy atom. The van der Waals surface area contributed by atoms with Crippen LogP contribution in [-0.2, 0) is 4.74 Å². The summed E-state index contributed by atoms with van der Waals surface area (Å²) in [7, 11) is 0. The molecule has 1 unspecified atom stereocenters. The molecule has 34 heavy (non-hydrogen) atoms. The van der Waals surface area contributed by atoms with Gasteiger partial charge in [0.2, 0.25) is 0 Å². The molecule has 1 aromatic rings. The van der Waals surface area contributed by atoms with E-state index in [0.717, 1.165) is 26.7 Å². The Bertz CT molecular complexity index is 983. The molecule has 1 amide bonds. The molecule has 3 rings (SSSR count). The van der Waals surface area contributed by atoms with E-state index in [1.165, 1.54) is 12.5 Å². The van der Waals surface area contributed by atoms with Gasteiger partial charge in [-0.05, 0) is 53.5 Å². The van der Waals surface area contributed by atoms with Gasteiger partial charge in [0.1, 0.15) is 17.7 Å². The van der Waals surface area contributed by atoms with Crippen LogP contribution < -0.4 is 9.64 Å². The number of nitrogens with zero attached hydrogens (tertiary/aromatic N) is 4. The van der Waals surface area contributed by atoms with Gasteiger partial charge in [0.15, 0.2) is 11.6 Å². The summed E-state index contributed by atoms with van der Waals surface area (Å²) < 4.78 is 64.5. The lowest BCUT2D eigenvalue weighted by molar-refractivity contribution is -0.0906. The van der Waals surface area contributed by atoms with Crippen LogP contribution in [0.2, 0.25) is 0 Å². The molecule has 2 aliphatic rings. The van der Waals surface area contributed by atoms with Gasteiger partial charge in [-0.1, -0.05) is 0 Å². The maximum atomic E-state index is 13.4. The summed E-state index contributed by atoms with van der Waals surface area (Å²) in [5.41, 5.74) is -1.97. The van der Waals surface area contributed by atoms with E-state index in [0.29, 0.717) is 38.1 Å². The highest BCUT2D eigenvalue weighted by molar-refractivity contribution is 5.68. The molecule has 0 N–H and O–H groups in total. The van der Waals surface area contributed by atoms with Crippen molar-refractivity contribution in [2.75, 3.05) is 31.1 Å². The van der Waals surface area contributed by atoms with Gasteiger partial charge in [0, 0.05) is 31.6 Å². The molecule has 7 nitrogen and oxygen atoms in total. The second kappa shape index (κ2) is 9.42. The van der Waals surface area contributed by atoms with Crippen molar-refractivity contribution in [2.24, 2.45) is 5.41 Å². The molecular weight excluding hydrogens is 456 g/mol. The number of allylic oxidation sites excluding steroid dienone is 4. The number of carbonyl (C=O) groups excluding carboxylic acids is 1. The number of aromatic nitrogens is 2. The number of rotatable bonds is 4. The maximum absolute atomic E-state index is 13.4. The lowest BCUT2D eigenvalue weighted by atomic mass is 9.86. The molecule has 1 aromatic heterocycles. The monoisotopic (exact) mass is 486 g/mol.